The average molecular weight is 445 g/mol. The zero-order valence-corrected chi connectivity index (χ0v) is 17.1. The van der Waals surface area contributed by atoms with Gasteiger partial charge in [0.05, 0.1) is 36.2 Å². The van der Waals surface area contributed by atoms with Crippen molar-refractivity contribution in [2.75, 3.05) is 22.7 Å². The Labute approximate surface area is 175 Å². The summed E-state index contributed by atoms with van der Waals surface area (Å²) in [6.07, 6.45) is 4.05. The van der Waals surface area contributed by atoms with Crippen molar-refractivity contribution in [3.05, 3.63) is 48.9 Å². The number of sulfonamides is 1. The number of para-hydroxylation sites is 1. The summed E-state index contributed by atoms with van der Waals surface area (Å²) >= 11 is 0. The van der Waals surface area contributed by atoms with Gasteiger partial charge in [-0.05, 0) is 18.2 Å². The summed E-state index contributed by atoms with van der Waals surface area (Å²) in [6, 6.07) is 8.53. The van der Waals surface area contributed by atoms with Gasteiger partial charge in [-0.3, -0.25) is 19.5 Å². The van der Waals surface area contributed by atoms with Gasteiger partial charge in [0.2, 0.25) is 0 Å². The molecule has 3 aromatic heterocycles. The van der Waals surface area contributed by atoms with Crippen LogP contribution in [0.5, 0.6) is 0 Å². The normalized spacial score (nSPS) is 15.8. The van der Waals surface area contributed by atoms with E-state index in [0.717, 1.165) is 0 Å². The summed E-state index contributed by atoms with van der Waals surface area (Å²) < 4.78 is 55.9. The SMILES string of the molecule is Cn1nc(-c2cc(N3CC(F)(F)C3)ccn2)c2cccc(NS(=O)(=O)c3cn[nH]c3)c21. The van der Waals surface area contributed by atoms with E-state index in [1.165, 1.54) is 12.4 Å². The molecule has 0 radical (unpaired) electrons. The Morgan fingerprint density at radius 1 is 1.23 bits per heavy atom. The quantitative estimate of drug-likeness (QED) is 0.489. The van der Waals surface area contributed by atoms with Gasteiger partial charge in [0.15, 0.2) is 0 Å². The molecule has 2 N–H and O–H groups in total. The van der Waals surface area contributed by atoms with Gasteiger partial charge in [-0.25, -0.2) is 17.2 Å². The van der Waals surface area contributed by atoms with Crippen molar-refractivity contribution in [1.82, 2.24) is 25.0 Å². The predicted molar refractivity (Wildman–Crippen MR) is 111 cm³/mol. The first-order valence-corrected chi connectivity index (χ1v) is 10.8. The van der Waals surface area contributed by atoms with Gasteiger partial charge in [-0.2, -0.15) is 10.2 Å². The van der Waals surface area contributed by atoms with Gasteiger partial charge in [-0.1, -0.05) is 12.1 Å². The van der Waals surface area contributed by atoms with Gasteiger partial charge in [-0.15, -0.1) is 0 Å². The molecule has 1 aliphatic heterocycles. The highest BCUT2D eigenvalue weighted by molar-refractivity contribution is 7.92. The van der Waals surface area contributed by atoms with Crippen molar-refractivity contribution in [3.8, 4) is 11.4 Å². The van der Waals surface area contributed by atoms with Crippen molar-refractivity contribution in [1.29, 1.82) is 0 Å². The van der Waals surface area contributed by atoms with Crippen LogP contribution in [-0.4, -0.2) is 52.4 Å². The molecule has 0 amide bonds. The Balaban J connectivity index is 1.55. The Morgan fingerprint density at radius 2 is 2.03 bits per heavy atom. The van der Waals surface area contributed by atoms with Crippen LogP contribution >= 0.6 is 0 Å². The summed E-state index contributed by atoms with van der Waals surface area (Å²) in [4.78, 5) is 5.93. The van der Waals surface area contributed by atoms with E-state index in [1.807, 2.05) is 0 Å². The van der Waals surface area contributed by atoms with Crippen LogP contribution in [0, 0.1) is 0 Å². The highest BCUT2D eigenvalue weighted by Gasteiger charge is 2.44. The summed E-state index contributed by atoms with van der Waals surface area (Å²) in [5.41, 5.74) is 2.57. The van der Waals surface area contributed by atoms with Crippen molar-refractivity contribution < 1.29 is 17.2 Å². The molecule has 1 fully saturated rings. The molecule has 1 aliphatic rings. The number of anilines is 2. The van der Waals surface area contributed by atoms with Gasteiger partial charge in [0.1, 0.15) is 10.6 Å². The molecule has 31 heavy (non-hydrogen) atoms. The monoisotopic (exact) mass is 445 g/mol. The molecule has 160 valence electrons. The molecular formula is C19H17F2N7O2S. The number of aryl methyl sites for hydroxylation is 1. The standard InChI is InChI=1S/C19H17F2N7O2S/c1-27-18-14(3-2-4-15(18)26-31(29,30)13-8-23-24-9-13)17(25-27)16-7-12(5-6-22-16)28-10-19(20,21)11-28/h2-9,26H,10-11H2,1H3,(H,23,24). The van der Waals surface area contributed by atoms with E-state index in [9.17, 15) is 17.2 Å². The van der Waals surface area contributed by atoms with Crippen LogP contribution in [0.1, 0.15) is 0 Å². The van der Waals surface area contributed by atoms with E-state index in [2.05, 4.69) is 25.0 Å². The minimum absolute atomic E-state index is 0.00705. The number of nitrogens with one attached hydrogen (secondary N) is 2. The lowest BCUT2D eigenvalue weighted by Gasteiger charge is -2.40. The van der Waals surface area contributed by atoms with Crippen molar-refractivity contribution >= 4 is 32.3 Å². The average Bonchev–Trinajstić information content (AvgIpc) is 3.36. The number of hydrogen-bond donors (Lipinski definition) is 2. The zero-order chi connectivity index (χ0) is 21.8. The van der Waals surface area contributed by atoms with Crippen LogP contribution in [0.3, 0.4) is 0 Å². The second kappa shape index (κ2) is 6.74. The molecule has 0 aliphatic carbocycles. The van der Waals surface area contributed by atoms with Crippen LogP contribution in [0.4, 0.5) is 20.2 Å². The molecule has 4 heterocycles. The first-order valence-electron chi connectivity index (χ1n) is 9.30. The van der Waals surface area contributed by atoms with E-state index >= 15 is 0 Å². The maximum Gasteiger partial charge on any atom is 0.282 e. The van der Waals surface area contributed by atoms with E-state index in [0.29, 0.717) is 33.7 Å². The maximum atomic E-state index is 13.3. The molecule has 9 nitrogen and oxygen atoms in total. The number of nitrogens with zero attached hydrogens (tertiary/aromatic N) is 5. The number of halogens is 2. The summed E-state index contributed by atoms with van der Waals surface area (Å²) in [6.45, 7) is -0.668. The molecule has 5 rings (SSSR count). The second-order valence-corrected chi connectivity index (χ2v) is 9.01. The lowest BCUT2D eigenvalue weighted by Crippen LogP contribution is -2.56. The smallest absolute Gasteiger partial charge is 0.282 e. The molecule has 1 saturated heterocycles. The van der Waals surface area contributed by atoms with Crippen molar-refractivity contribution in [3.63, 3.8) is 0 Å². The minimum atomic E-state index is -3.84. The third kappa shape index (κ3) is 3.38. The lowest BCUT2D eigenvalue weighted by atomic mass is 10.1. The van der Waals surface area contributed by atoms with Crippen LogP contribution in [-0.2, 0) is 17.1 Å². The van der Waals surface area contributed by atoms with Gasteiger partial charge >= 0.3 is 0 Å². The number of aromatic nitrogens is 5. The van der Waals surface area contributed by atoms with E-state index in [1.54, 1.807) is 53.2 Å². The predicted octanol–water partition coefficient (Wildman–Crippen LogP) is 2.61. The number of hydrogen-bond acceptors (Lipinski definition) is 6. The number of aromatic amines is 1. The summed E-state index contributed by atoms with van der Waals surface area (Å²) in [5, 5.41) is 11.3. The highest BCUT2D eigenvalue weighted by atomic mass is 32.2. The van der Waals surface area contributed by atoms with Crippen molar-refractivity contribution in [2.24, 2.45) is 7.05 Å². The Kier molecular flexibility index (Phi) is 4.22. The zero-order valence-electron chi connectivity index (χ0n) is 16.2. The topological polar surface area (TPSA) is 109 Å². The Hall–Kier alpha value is -3.54. The molecule has 4 aromatic rings. The third-order valence-electron chi connectivity index (χ3n) is 5.09. The number of rotatable bonds is 5. The largest absolute Gasteiger partial charge is 0.359 e. The minimum Gasteiger partial charge on any atom is -0.359 e. The van der Waals surface area contributed by atoms with Crippen LogP contribution in [0.2, 0.25) is 0 Å². The fourth-order valence-electron chi connectivity index (χ4n) is 3.64. The number of H-pyrrole nitrogens is 1. The summed E-state index contributed by atoms with van der Waals surface area (Å²) in [7, 11) is -2.14. The van der Waals surface area contributed by atoms with Crippen molar-refractivity contribution in [2.45, 2.75) is 10.8 Å². The molecule has 0 saturated carbocycles. The number of fused-ring (bicyclic) bond motifs is 1. The first-order chi connectivity index (χ1) is 14.7. The van der Waals surface area contributed by atoms with Crippen LogP contribution in [0.15, 0.2) is 53.8 Å². The van der Waals surface area contributed by atoms with E-state index in [4.69, 9.17) is 0 Å². The van der Waals surface area contributed by atoms with Gasteiger partial charge in [0.25, 0.3) is 15.9 Å². The Bertz CT molecular complexity index is 1380. The number of alkyl halides is 2. The molecule has 12 heteroatoms. The van der Waals surface area contributed by atoms with Gasteiger partial charge in [0, 0.05) is 30.5 Å². The lowest BCUT2D eigenvalue weighted by molar-refractivity contribution is -0.0262. The van der Waals surface area contributed by atoms with E-state index in [-0.39, 0.29) is 18.0 Å². The summed E-state index contributed by atoms with van der Waals surface area (Å²) in [5.74, 6) is -2.68. The molecule has 0 spiro atoms. The second-order valence-electron chi connectivity index (χ2n) is 7.32. The van der Waals surface area contributed by atoms with Crippen LogP contribution < -0.4 is 9.62 Å². The molecule has 1 aromatic carbocycles. The molecular weight excluding hydrogens is 428 g/mol. The highest BCUT2D eigenvalue weighted by Crippen LogP contribution is 2.36. The van der Waals surface area contributed by atoms with E-state index < -0.39 is 15.9 Å². The number of pyridine rings is 1. The fraction of sp³-hybridized carbons (Fsp3) is 0.211. The Morgan fingerprint density at radius 3 is 2.74 bits per heavy atom. The first kappa shape index (κ1) is 19.4. The van der Waals surface area contributed by atoms with Crippen LogP contribution in [0.25, 0.3) is 22.3 Å². The molecule has 0 atom stereocenters. The fourth-order valence-corrected chi connectivity index (χ4v) is 4.61. The third-order valence-corrected chi connectivity index (χ3v) is 6.42. The maximum absolute atomic E-state index is 13.3. The molecule has 0 unspecified atom stereocenters. The van der Waals surface area contributed by atoms with Gasteiger partial charge < -0.3 is 4.90 Å². The molecule has 0 bridgehead atoms. The number of benzene rings is 1.